The van der Waals surface area contributed by atoms with E-state index in [2.05, 4.69) is 42.5 Å². The lowest BCUT2D eigenvalue weighted by molar-refractivity contribution is 0.0980. The van der Waals surface area contributed by atoms with Gasteiger partial charge in [0, 0.05) is 62.9 Å². The van der Waals surface area contributed by atoms with Gasteiger partial charge in [-0.05, 0) is 58.4 Å². The highest BCUT2D eigenvalue weighted by atomic mass is 16.5. The SMILES string of the molecule is COCCNCc1ccc(Nc2cc(-c3cccc(N4CCc5cc(C(C)(C)C)ccc5C4=O)c3CO)cn(C)c2=O)nc1. The number of aliphatic hydroxyl groups excluding tert-OH is 1. The van der Waals surface area contributed by atoms with E-state index in [1.165, 1.54) is 10.1 Å². The van der Waals surface area contributed by atoms with Gasteiger partial charge in [0.15, 0.2) is 0 Å². The van der Waals surface area contributed by atoms with Crippen LogP contribution < -0.4 is 21.1 Å². The summed E-state index contributed by atoms with van der Waals surface area (Å²) in [5, 5.41) is 17.0. The molecule has 0 aliphatic carbocycles. The first-order chi connectivity index (χ1) is 21.1. The fraction of sp³-hybridized carbons (Fsp3) is 0.343. The highest BCUT2D eigenvalue weighted by Gasteiger charge is 2.29. The van der Waals surface area contributed by atoms with Crippen molar-refractivity contribution >= 4 is 23.1 Å². The number of aryl methyl sites for hydroxylation is 1. The van der Waals surface area contributed by atoms with Gasteiger partial charge in [-0.2, -0.15) is 0 Å². The third kappa shape index (κ3) is 6.60. The van der Waals surface area contributed by atoms with Crippen LogP contribution in [0, 0.1) is 0 Å². The maximum absolute atomic E-state index is 13.7. The van der Waals surface area contributed by atoms with Crippen molar-refractivity contribution < 1.29 is 14.6 Å². The maximum Gasteiger partial charge on any atom is 0.274 e. The monoisotopic (exact) mass is 595 g/mol. The molecule has 0 saturated heterocycles. The second kappa shape index (κ2) is 13.1. The fourth-order valence-corrected chi connectivity index (χ4v) is 5.55. The molecule has 44 heavy (non-hydrogen) atoms. The first kappa shape index (κ1) is 31.1. The van der Waals surface area contributed by atoms with Gasteiger partial charge in [0.1, 0.15) is 11.5 Å². The standard InChI is InChI=1S/C35H41N5O4/c1-35(2,3)26-10-11-28-24(17-26)13-15-40(33(28)42)31-8-6-7-27(29(31)22-41)25-18-30(34(43)39(4)21-25)38-32-12-9-23(20-37-32)19-36-14-16-44-5/h6-12,17-18,20-21,36,41H,13-16,19,22H2,1-5H3,(H,37,38). The first-order valence-corrected chi connectivity index (χ1v) is 14.9. The van der Waals surface area contributed by atoms with Crippen molar-refractivity contribution in [2.24, 2.45) is 7.05 Å². The number of methoxy groups -OCH3 is 1. The van der Waals surface area contributed by atoms with E-state index in [1.807, 2.05) is 42.5 Å². The summed E-state index contributed by atoms with van der Waals surface area (Å²) in [6.45, 7) is 8.79. The highest BCUT2D eigenvalue weighted by molar-refractivity contribution is 6.09. The Morgan fingerprint density at radius 1 is 1.05 bits per heavy atom. The van der Waals surface area contributed by atoms with Gasteiger partial charge in [-0.3, -0.25) is 9.59 Å². The third-order valence-corrected chi connectivity index (χ3v) is 8.05. The molecule has 0 spiro atoms. The highest BCUT2D eigenvalue weighted by Crippen LogP contribution is 2.35. The third-order valence-electron chi connectivity index (χ3n) is 8.05. The maximum atomic E-state index is 13.7. The summed E-state index contributed by atoms with van der Waals surface area (Å²) in [5.74, 6) is 0.466. The van der Waals surface area contributed by atoms with Crippen LogP contribution in [0.15, 0.2) is 71.8 Å². The zero-order chi connectivity index (χ0) is 31.4. The molecule has 9 heteroatoms. The normalized spacial score (nSPS) is 13.2. The average Bonchev–Trinajstić information content (AvgIpc) is 3.01. The summed E-state index contributed by atoms with van der Waals surface area (Å²) in [5.41, 5.74) is 6.89. The van der Waals surface area contributed by atoms with Crippen molar-refractivity contribution in [3.63, 3.8) is 0 Å². The molecule has 0 bridgehead atoms. The van der Waals surface area contributed by atoms with Crippen LogP contribution in [0.25, 0.3) is 11.1 Å². The minimum absolute atomic E-state index is 0.00182. The number of amides is 1. The van der Waals surface area contributed by atoms with E-state index in [0.717, 1.165) is 35.2 Å². The van der Waals surface area contributed by atoms with Crippen LogP contribution in [0.4, 0.5) is 17.2 Å². The topological polar surface area (TPSA) is 109 Å². The van der Waals surface area contributed by atoms with Gasteiger partial charge in [0.25, 0.3) is 11.5 Å². The van der Waals surface area contributed by atoms with Crippen molar-refractivity contribution in [3.8, 4) is 11.1 Å². The molecular weight excluding hydrogens is 554 g/mol. The predicted octanol–water partition coefficient (Wildman–Crippen LogP) is 4.92. The lowest BCUT2D eigenvalue weighted by Crippen LogP contribution is -2.38. The zero-order valence-corrected chi connectivity index (χ0v) is 26.1. The van der Waals surface area contributed by atoms with E-state index < -0.39 is 0 Å². The second-order valence-electron chi connectivity index (χ2n) is 12.2. The molecule has 0 atom stereocenters. The lowest BCUT2D eigenvalue weighted by Gasteiger charge is -2.32. The Hall–Kier alpha value is -4.31. The summed E-state index contributed by atoms with van der Waals surface area (Å²) >= 11 is 0. The van der Waals surface area contributed by atoms with Crippen molar-refractivity contribution in [3.05, 3.63) is 105 Å². The summed E-state index contributed by atoms with van der Waals surface area (Å²) < 4.78 is 6.57. The molecular formula is C35H41N5O4. The van der Waals surface area contributed by atoms with Crippen LogP contribution in [0.1, 0.15) is 53.4 Å². The Morgan fingerprint density at radius 2 is 1.86 bits per heavy atom. The number of nitrogens with one attached hydrogen (secondary N) is 2. The Labute approximate surface area is 258 Å². The first-order valence-electron chi connectivity index (χ1n) is 14.9. The van der Waals surface area contributed by atoms with Gasteiger partial charge in [-0.15, -0.1) is 0 Å². The number of pyridine rings is 2. The smallest absolute Gasteiger partial charge is 0.274 e. The summed E-state index contributed by atoms with van der Waals surface area (Å²) in [6.07, 6.45) is 4.24. The van der Waals surface area contributed by atoms with Gasteiger partial charge in [0.05, 0.1) is 18.9 Å². The number of carbonyl (C=O) groups is 1. The fourth-order valence-electron chi connectivity index (χ4n) is 5.55. The van der Waals surface area contributed by atoms with Crippen molar-refractivity contribution in [2.75, 3.05) is 37.0 Å². The molecule has 3 heterocycles. The van der Waals surface area contributed by atoms with E-state index >= 15 is 0 Å². The molecule has 0 radical (unpaired) electrons. The minimum atomic E-state index is -0.266. The zero-order valence-electron chi connectivity index (χ0n) is 26.1. The van der Waals surface area contributed by atoms with E-state index in [4.69, 9.17) is 4.74 Å². The van der Waals surface area contributed by atoms with Gasteiger partial charge in [-0.25, -0.2) is 4.98 Å². The number of carbonyl (C=O) groups excluding carboxylic acids is 1. The molecule has 4 aromatic rings. The van der Waals surface area contributed by atoms with Crippen LogP contribution in [0.5, 0.6) is 0 Å². The Balaban J connectivity index is 1.43. The predicted molar refractivity (Wildman–Crippen MR) is 175 cm³/mol. The van der Waals surface area contributed by atoms with Crippen LogP contribution in [-0.4, -0.2) is 47.4 Å². The summed E-state index contributed by atoms with van der Waals surface area (Å²) in [6, 6.07) is 17.3. The molecule has 0 fully saturated rings. The molecule has 2 aromatic heterocycles. The number of aliphatic hydroxyl groups is 1. The number of fused-ring (bicyclic) bond motifs is 1. The number of aromatic nitrogens is 2. The number of rotatable bonds is 10. The van der Waals surface area contributed by atoms with E-state index in [9.17, 15) is 14.7 Å². The number of hydrogen-bond donors (Lipinski definition) is 3. The number of ether oxygens (including phenoxy) is 1. The van der Waals surface area contributed by atoms with Gasteiger partial charge in [0.2, 0.25) is 0 Å². The van der Waals surface area contributed by atoms with Crippen LogP contribution in [0.2, 0.25) is 0 Å². The van der Waals surface area contributed by atoms with E-state index in [1.54, 1.807) is 37.5 Å². The Bertz CT molecular complexity index is 1710. The van der Waals surface area contributed by atoms with Crippen LogP contribution >= 0.6 is 0 Å². The molecule has 9 nitrogen and oxygen atoms in total. The summed E-state index contributed by atoms with van der Waals surface area (Å²) in [4.78, 5) is 33.1. The van der Waals surface area contributed by atoms with Crippen LogP contribution in [0.3, 0.4) is 0 Å². The molecule has 230 valence electrons. The van der Waals surface area contributed by atoms with Crippen molar-refractivity contribution in [2.45, 2.75) is 45.8 Å². The molecule has 0 unspecified atom stereocenters. The molecule has 1 amide bonds. The minimum Gasteiger partial charge on any atom is -0.392 e. The van der Waals surface area contributed by atoms with E-state index in [0.29, 0.717) is 48.0 Å². The van der Waals surface area contributed by atoms with Crippen molar-refractivity contribution in [1.82, 2.24) is 14.9 Å². The molecule has 1 aliphatic heterocycles. The molecule has 5 rings (SSSR count). The number of benzene rings is 2. The quantitative estimate of drug-likeness (QED) is 0.223. The van der Waals surface area contributed by atoms with Gasteiger partial charge < -0.3 is 29.9 Å². The largest absolute Gasteiger partial charge is 0.392 e. The Kier molecular flexibility index (Phi) is 9.29. The Morgan fingerprint density at radius 3 is 2.57 bits per heavy atom. The molecule has 1 aliphatic rings. The van der Waals surface area contributed by atoms with Crippen molar-refractivity contribution in [1.29, 1.82) is 0 Å². The molecule has 3 N–H and O–H groups in total. The molecule has 0 saturated carbocycles. The van der Waals surface area contributed by atoms with Crippen LogP contribution in [-0.2, 0) is 36.8 Å². The number of hydrogen-bond acceptors (Lipinski definition) is 7. The second-order valence-corrected chi connectivity index (χ2v) is 12.2. The van der Waals surface area contributed by atoms with E-state index in [-0.39, 0.29) is 23.5 Å². The number of nitrogens with zero attached hydrogens (tertiary/aromatic N) is 3. The van der Waals surface area contributed by atoms with Gasteiger partial charge in [-0.1, -0.05) is 51.1 Å². The average molecular weight is 596 g/mol. The number of anilines is 3. The lowest BCUT2D eigenvalue weighted by atomic mass is 9.84. The van der Waals surface area contributed by atoms with Gasteiger partial charge >= 0.3 is 0 Å². The summed E-state index contributed by atoms with van der Waals surface area (Å²) in [7, 11) is 3.36. The molecule has 2 aromatic carbocycles.